The van der Waals surface area contributed by atoms with Gasteiger partial charge in [0.2, 0.25) is 0 Å². The van der Waals surface area contributed by atoms with Gasteiger partial charge < -0.3 is 15.4 Å². The zero-order valence-electron chi connectivity index (χ0n) is 9.11. The molecule has 2 aromatic rings. The lowest BCUT2D eigenvalue weighted by atomic mass is 10.2. The number of phenolic OH excluding ortho intramolecular Hbond substituents is 1. The van der Waals surface area contributed by atoms with E-state index in [1.807, 2.05) is 0 Å². The van der Waals surface area contributed by atoms with Gasteiger partial charge in [0.05, 0.1) is 5.02 Å². The van der Waals surface area contributed by atoms with Crippen LogP contribution in [0.5, 0.6) is 5.75 Å². The van der Waals surface area contributed by atoms with Crippen molar-refractivity contribution in [3.8, 4) is 5.75 Å². The van der Waals surface area contributed by atoms with E-state index in [0.717, 1.165) is 0 Å². The number of phenols is 1. The summed E-state index contributed by atoms with van der Waals surface area (Å²) < 4.78 is 0. The van der Waals surface area contributed by atoms with Gasteiger partial charge in [-0.1, -0.05) is 11.6 Å². The first kappa shape index (κ1) is 12.2. The SMILES string of the molecule is O=C(Nc1ccc(Cl)c(O)c1)c1c[nH]ccc1=O. The Morgan fingerprint density at radius 1 is 1.33 bits per heavy atom. The Balaban J connectivity index is 2.24. The molecule has 0 saturated heterocycles. The largest absolute Gasteiger partial charge is 0.506 e. The molecule has 0 aliphatic heterocycles. The summed E-state index contributed by atoms with van der Waals surface area (Å²) in [6.07, 6.45) is 2.75. The molecule has 1 aromatic heterocycles. The van der Waals surface area contributed by atoms with Crippen molar-refractivity contribution in [2.75, 3.05) is 5.32 Å². The molecule has 0 radical (unpaired) electrons. The van der Waals surface area contributed by atoms with Gasteiger partial charge in [-0.05, 0) is 12.1 Å². The van der Waals surface area contributed by atoms with Gasteiger partial charge in [-0.3, -0.25) is 9.59 Å². The molecular weight excluding hydrogens is 256 g/mol. The fourth-order valence-corrected chi connectivity index (χ4v) is 1.50. The minimum absolute atomic E-state index is 0.00746. The summed E-state index contributed by atoms with van der Waals surface area (Å²) in [5.41, 5.74) is -0.0403. The number of amides is 1. The van der Waals surface area contributed by atoms with Gasteiger partial charge in [-0.15, -0.1) is 0 Å². The van der Waals surface area contributed by atoms with Crippen LogP contribution in [0, 0.1) is 0 Å². The lowest BCUT2D eigenvalue weighted by Gasteiger charge is -2.05. The first-order chi connectivity index (χ1) is 8.58. The van der Waals surface area contributed by atoms with E-state index in [4.69, 9.17) is 11.6 Å². The van der Waals surface area contributed by atoms with Gasteiger partial charge in [0.15, 0.2) is 5.43 Å². The van der Waals surface area contributed by atoms with E-state index in [2.05, 4.69) is 10.3 Å². The highest BCUT2D eigenvalue weighted by atomic mass is 35.5. The normalized spacial score (nSPS) is 10.1. The van der Waals surface area contributed by atoms with Crippen LogP contribution in [0.15, 0.2) is 41.5 Å². The average Bonchev–Trinajstić information content (AvgIpc) is 2.34. The third-order valence-corrected chi connectivity index (χ3v) is 2.59. The summed E-state index contributed by atoms with van der Waals surface area (Å²) in [4.78, 5) is 25.9. The first-order valence-corrected chi connectivity index (χ1v) is 5.42. The zero-order valence-corrected chi connectivity index (χ0v) is 9.86. The maximum atomic E-state index is 11.8. The van der Waals surface area contributed by atoms with Crippen molar-refractivity contribution >= 4 is 23.2 Å². The van der Waals surface area contributed by atoms with Crippen LogP contribution in [0.1, 0.15) is 10.4 Å². The highest BCUT2D eigenvalue weighted by Crippen LogP contribution is 2.26. The number of anilines is 1. The molecule has 0 saturated carbocycles. The summed E-state index contributed by atoms with van der Waals surface area (Å²) in [5, 5.41) is 12.1. The number of aromatic amines is 1. The Morgan fingerprint density at radius 3 is 2.78 bits per heavy atom. The van der Waals surface area contributed by atoms with Crippen LogP contribution in [-0.2, 0) is 0 Å². The summed E-state index contributed by atoms with van der Waals surface area (Å²) in [6.45, 7) is 0. The van der Waals surface area contributed by atoms with Crippen molar-refractivity contribution in [3.05, 3.63) is 57.5 Å². The highest BCUT2D eigenvalue weighted by Gasteiger charge is 2.10. The summed E-state index contributed by atoms with van der Waals surface area (Å²) in [6, 6.07) is 5.53. The lowest BCUT2D eigenvalue weighted by Crippen LogP contribution is -2.20. The predicted octanol–water partition coefficient (Wildman–Crippen LogP) is 1.99. The number of nitrogens with one attached hydrogen (secondary N) is 2. The van der Waals surface area contributed by atoms with E-state index in [0.29, 0.717) is 5.69 Å². The fraction of sp³-hybridized carbons (Fsp3) is 0. The standard InChI is InChI=1S/C12H9ClN2O3/c13-9-2-1-7(5-11(9)17)15-12(18)8-6-14-4-3-10(8)16/h1-6,17H,(H,14,16)(H,15,18). The number of halogens is 1. The number of hydrogen-bond acceptors (Lipinski definition) is 3. The average molecular weight is 265 g/mol. The molecule has 1 heterocycles. The van der Waals surface area contributed by atoms with E-state index >= 15 is 0 Å². The Hall–Kier alpha value is -2.27. The van der Waals surface area contributed by atoms with Crippen LogP contribution < -0.4 is 10.7 Å². The number of aromatic nitrogens is 1. The van der Waals surface area contributed by atoms with Crippen LogP contribution in [0.2, 0.25) is 5.02 Å². The maximum absolute atomic E-state index is 11.8. The first-order valence-electron chi connectivity index (χ1n) is 5.05. The second-order valence-corrected chi connectivity index (χ2v) is 3.95. The van der Waals surface area contributed by atoms with Gasteiger partial charge in [-0.2, -0.15) is 0 Å². The van der Waals surface area contributed by atoms with Crippen molar-refractivity contribution < 1.29 is 9.90 Å². The topological polar surface area (TPSA) is 82.2 Å². The monoisotopic (exact) mass is 264 g/mol. The number of carbonyl (C=O) groups excluding carboxylic acids is 1. The minimum atomic E-state index is -0.557. The Bertz CT molecular complexity index is 652. The van der Waals surface area contributed by atoms with Crippen molar-refractivity contribution in [2.45, 2.75) is 0 Å². The van der Waals surface area contributed by atoms with Crippen LogP contribution in [0.3, 0.4) is 0 Å². The van der Waals surface area contributed by atoms with Gasteiger partial charge in [0.1, 0.15) is 11.3 Å². The molecule has 1 amide bonds. The smallest absolute Gasteiger partial charge is 0.261 e. The van der Waals surface area contributed by atoms with E-state index in [9.17, 15) is 14.7 Å². The molecule has 0 bridgehead atoms. The third-order valence-electron chi connectivity index (χ3n) is 2.27. The van der Waals surface area contributed by atoms with E-state index in [-0.39, 0.29) is 21.8 Å². The Morgan fingerprint density at radius 2 is 2.11 bits per heavy atom. The highest BCUT2D eigenvalue weighted by molar-refractivity contribution is 6.32. The predicted molar refractivity (Wildman–Crippen MR) is 68.1 cm³/mol. The minimum Gasteiger partial charge on any atom is -0.506 e. The van der Waals surface area contributed by atoms with Gasteiger partial charge >= 0.3 is 0 Å². The molecule has 3 N–H and O–H groups in total. The van der Waals surface area contributed by atoms with Crippen molar-refractivity contribution in [2.24, 2.45) is 0 Å². The molecule has 1 aromatic carbocycles. The molecule has 0 aliphatic rings. The van der Waals surface area contributed by atoms with Crippen LogP contribution >= 0.6 is 11.6 Å². The van der Waals surface area contributed by atoms with Crippen LogP contribution in [0.25, 0.3) is 0 Å². The van der Waals surface area contributed by atoms with Gasteiger partial charge in [-0.25, -0.2) is 0 Å². The molecule has 0 aliphatic carbocycles. The van der Waals surface area contributed by atoms with Crippen molar-refractivity contribution in [3.63, 3.8) is 0 Å². The number of benzene rings is 1. The van der Waals surface area contributed by atoms with Crippen LogP contribution in [-0.4, -0.2) is 16.0 Å². The molecule has 92 valence electrons. The third kappa shape index (κ3) is 2.52. The fourth-order valence-electron chi connectivity index (χ4n) is 1.38. The van der Waals surface area contributed by atoms with E-state index < -0.39 is 5.91 Å². The van der Waals surface area contributed by atoms with Crippen molar-refractivity contribution in [1.29, 1.82) is 0 Å². The summed E-state index contributed by atoms with van der Waals surface area (Å²) in [5.74, 6) is -0.699. The molecule has 18 heavy (non-hydrogen) atoms. The zero-order chi connectivity index (χ0) is 13.1. The maximum Gasteiger partial charge on any atom is 0.261 e. The van der Waals surface area contributed by atoms with E-state index in [1.165, 1.54) is 36.7 Å². The van der Waals surface area contributed by atoms with Crippen LogP contribution in [0.4, 0.5) is 5.69 Å². The molecule has 0 unspecified atom stereocenters. The molecule has 0 atom stereocenters. The van der Waals surface area contributed by atoms with Gasteiger partial charge in [0, 0.05) is 30.2 Å². The second-order valence-electron chi connectivity index (χ2n) is 3.54. The summed E-state index contributed by atoms with van der Waals surface area (Å²) >= 11 is 5.64. The molecule has 0 spiro atoms. The number of carbonyl (C=O) groups is 1. The van der Waals surface area contributed by atoms with E-state index in [1.54, 1.807) is 0 Å². The number of rotatable bonds is 2. The number of pyridine rings is 1. The lowest BCUT2D eigenvalue weighted by molar-refractivity contribution is 0.102. The number of H-pyrrole nitrogens is 1. The number of aromatic hydroxyl groups is 1. The molecule has 5 nitrogen and oxygen atoms in total. The molecule has 6 heteroatoms. The quantitative estimate of drug-likeness (QED) is 0.776. The number of hydrogen-bond donors (Lipinski definition) is 3. The van der Waals surface area contributed by atoms with Gasteiger partial charge in [0.25, 0.3) is 5.91 Å². The Labute approximate surface area is 107 Å². The van der Waals surface area contributed by atoms with Crippen molar-refractivity contribution in [1.82, 2.24) is 4.98 Å². The summed E-state index contributed by atoms with van der Waals surface area (Å²) in [7, 11) is 0. The second kappa shape index (κ2) is 4.93. The molecular formula is C12H9ClN2O3. The Kier molecular flexibility index (Phi) is 3.34. The molecule has 0 fully saturated rings. The molecule has 2 rings (SSSR count).